The summed E-state index contributed by atoms with van der Waals surface area (Å²) in [5.41, 5.74) is 5.04. The molecule has 0 saturated heterocycles. The molecule has 1 aromatic heterocycles. The molecule has 0 aliphatic heterocycles. The topological polar surface area (TPSA) is 97.7 Å². The van der Waals surface area contributed by atoms with E-state index in [0.29, 0.717) is 40.1 Å². The van der Waals surface area contributed by atoms with Crippen molar-refractivity contribution in [3.05, 3.63) is 93.7 Å². The van der Waals surface area contributed by atoms with E-state index in [-0.39, 0.29) is 11.8 Å². The van der Waals surface area contributed by atoms with Gasteiger partial charge in [0.1, 0.15) is 16.2 Å². The molecule has 1 amide bonds. The molecule has 0 atom stereocenters. The Kier molecular flexibility index (Phi) is 4.55. The molecule has 7 nitrogen and oxygen atoms in total. The van der Waals surface area contributed by atoms with Gasteiger partial charge in [-0.3, -0.25) is 14.9 Å². The Morgan fingerprint density at radius 1 is 1.07 bits per heavy atom. The zero-order chi connectivity index (χ0) is 19.5. The zero-order valence-corrected chi connectivity index (χ0v) is 14.7. The number of amides is 1. The van der Waals surface area contributed by atoms with Crippen LogP contribution in [0.2, 0.25) is 0 Å². The number of nitrogens with zero attached hydrogens (tertiary/aromatic N) is 2. The molecular formula is C21H15N3O4. The first kappa shape index (κ1) is 17.4. The highest BCUT2D eigenvalue weighted by atomic mass is 16.6. The minimum Gasteiger partial charge on any atom is -0.398 e. The van der Waals surface area contributed by atoms with E-state index in [1.807, 2.05) is 18.2 Å². The van der Waals surface area contributed by atoms with Gasteiger partial charge in [-0.25, -0.2) is 5.43 Å². The van der Waals surface area contributed by atoms with Crippen molar-refractivity contribution in [3.63, 3.8) is 0 Å². The van der Waals surface area contributed by atoms with Crippen LogP contribution in [0, 0.1) is 10.1 Å². The first-order chi connectivity index (χ1) is 13.6. The number of fused-ring (bicyclic) bond motifs is 1. The van der Waals surface area contributed by atoms with Crippen molar-refractivity contribution in [1.29, 1.82) is 0 Å². The van der Waals surface area contributed by atoms with Crippen LogP contribution in [0.1, 0.15) is 28.1 Å². The lowest BCUT2D eigenvalue weighted by Crippen LogP contribution is -2.20. The summed E-state index contributed by atoms with van der Waals surface area (Å²) in [5.74, 6) is -0.417. The number of carbonyl (C=O) groups excluding carboxylic acids is 1. The van der Waals surface area contributed by atoms with Gasteiger partial charge in [-0.1, -0.05) is 60.7 Å². The second-order valence-corrected chi connectivity index (χ2v) is 6.12. The fourth-order valence-corrected chi connectivity index (χ4v) is 3.07. The van der Waals surface area contributed by atoms with Crippen molar-refractivity contribution in [2.24, 2.45) is 5.10 Å². The lowest BCUT2D eigenvalue weighted by molar-refractivity contribution is -0.401. The van der Waals surface area contributed by atoms with Gasteiger partial charge in [-0.05, 0) is 17.7 Å². The van der Waals surface area contributed by atoms with Crippen molar-refractivity contribution >= 4 is 23.6 Å². The van der Waals surface area contributed by atoms with Crippen LogP contribution < -0.4 is 5.43 Å². The molecule has 0 bridgehead atoms. The number of allylic oxidation sites excluding steroid dienone is 1. The van der Waals surface area contributed by atoms with Crippen LogP contribution in [0.25, 0.3) is 17.2 Å². The lowest BCUT2D eigenvalue weighted by atomic mass is 9.96. The van der Waals surface area contributed by atoms with Crippen molar-refractivity contribution in [3.8, 4) is 11.1 Å². The largest absolute Gasteiger partial charge is 0.442 e. The summed E-state index contributed by atoms with van der Waals surface area (Å²) >= 11 is 0. The first-order valence-electron chi connectivity index (χ1n) is 8.60. The monoisotopic (exact) mass is 373 g/mol. The van der Waals surface area contributed by atoms with Crippen molar-refractivity contribution < 1.29 is 14.1 Å². The van der Waals surface area contributed by atoms with Crippen LogP contribution in [-0.2, 0) is 0 Å². The number of nitro groups is 1. The van der Waals surface area contributed by atoms with Crippen molar-refractivity contribution in [1.82, 2.24) is 5.43 Å². The minimum absolute atomic E-state index is 0.293. The Bertz CT molecular complexity index is 1100. The van der Waals surface area contributed by atoms with Gasteiger partial charge in [0.15, 0.2) is 5.76 Å². The molecule has 1 heterocycles. The predicted octanol–water partition coefficient (Wildman–Crippen LogP) is 4.41. The maximum Gasteiger partial charge on any atom is 0.442 e. The Labute approximate surface area is 160 Å². The summed E-state index contributed by atoms with van der Waals surface area (Å²) in [6.07, 6.45) is 4.01. The Balaban J connectivity index is 1.73. The van der Waals surface area contributed by atoms with Crippen LogP contribution in [0.5, 0.6) is 0 Å². The minimum atomic E-state index is -0.547. The van der Waals surface area contributed by atoms with E-state index in [9.17, 15) is 14.9 Å². The molecule has 0 unspecified atom stereocenters. The van der Waals surface area contributed by atoms with Gasteiger partial charge in [0.2, 0.25) is 0 Å². The first-order valence-corrected chi connectivity index (χ1v) is 8.60. The average Bonchev–Trinajstić information content (AvgIpc) is 3.14. The average molecular weight is 373 g/mol. The van der Waals surface area contributed by atoms with Crippen molar-refractivity contribution in [2.45, 2.75) is 6.42 Å². The van der Waals surface area contributed by atoms with Gasteiger partial charge in [-0.15, -0.1) is 0 Å². The molecule has 2 aromatic carbocycles. The van der Waals surface area contributed by atoms with E-state index in [1.165, 1.54) is 0 Å². The third-order valence-corrected chi connectivity index (χ3v) is 4.34. The highest BCUT2D eigenvalue weighted by Crippen LogP contribution is 2.40. The lowest BCUT2D eigenvalue weighted by Gasteiger charge is -2.08. The Morgan fingerprint density at radius 2 is 1.75 bits per heavy atom. The third-order valence-electron chi connectivity index (χ3n) is 4.34. The fraction of sp³-hybridized carbons (Fsp3) is 0.0476. The van der Waals surface area contributed by atoms with Gasteiger partial charge in [-0.2, -0.15) is 5.10 Å². The molecule has 3 aromatic rings. The molecule has 0 fully saturated rings. The van der Waals surface area contributed by atoms with Crippen LogP contribution in [0.4, 0.5) is 5.88 Å². The zero-order valence-electron chi connectivity index (χ0n) is 14.7. The Morgan fingerprint density at radius 3 is 2.43 bits per heavy atom. The summed E-state index contributed by atoms with van der Waals surface area (Å²) in [5, 5.41) is 15.7. The van der Waals surface area contributed by atoms with E-state index >= 15 is 0 Å². The van der Waals surface area contributed by atoms with Crippen LogP contribution in [0.3, 0.4) is 0 Å². The number of rotatable bonds is 4. The normalized spacial score (nSPS) is 13.9. The number of hydrogen-bond donors (Lipinski definition) is 1. The summed E-state index contributed by atoms with van der Waals surface area (Å²) in [6.45, 7) is 0. The SMILES string of the molecule is O=C(NN=C1CC=Cc2c1oc([N+](=O)[O-])c2-c1ccccc1)c1ccccc1. The molecule has 0 saturated carbocycles. The number of hydrogen-bond acceptors (Lipinski definition) is 5. The smallest absolute Gasteiger partial charge is 0.398 e. The highest BCUT2D eigenvalue weighted by Gasteiger charge is 2.31. The van der Waals surface area contributed by atoms with E-state index < -0.39 is 4.92 Å². The highest BCUT2D eigenvalue weighted by molar-refractivity contribution is 6.08. The Hall–Kier alpha value is -4.00. The molecule has 1 aliphatic rings. The summed E-state index contributed by atoms with van der Waals surface area (Å²) in [7, 11) is 0. The molecule has 0 spiro atoms. The molecule has 4 rings (SSSR count). The molecule has 138 valence electrons. The van der Waals surface area contributed by atoms with E-state index in [1.54, 1.807) is 54.6 Å². The molecule has 7 heteroatoms. The number of hydrazone groups is 1. The van der Waals surface area contributed by atoms with Gasteiger partial charge in [0.05, 0.1) is 0 Å². The second-order valence-electron chi connectivity index (χ2n) is 6.12. The number of carbonyl (C=O) groups is 1. The van der Waals surface area contributed by atoms with Crippen LogP contribution >= 0.6 is 0 Å². The van der Waals surface area contributed by atoms with E-state index in [4.69, 9.17) is 4.42 Å². The number of furan rings is 1. The third kappa shape index (κ3) is 3.21. The van der Waals surface area contributed by atoms with Gasteiger partial charge in [0.25, 0.3) is 5.91 Å². The summed E-state index contributed by atoms with van der Waals surface area (Å²) in [4.78, 5) is 23.2. The fourth-order valence-electron chi connectivity index (χ4n) is 3.07. The molecular weight excluding hydrogens is 358 g/mol. The molecule has 0 radical (unpaired) electrons. The van der Waals surface area contributed by atoms with Gasteiger partial charge in [0, 0.05) is 17.5 Å². The quantitative estimate of drug-likeness (QED) is 0.541. The molecule has 1 N–H and O–H groups in total. The van der Waals surface area contributed by atoms with E-state index in [0.717, 1.165) is 0 Å². The predicted molar refractivity (Wildman–Crippen MR) is 105 cm³/mol. The summed E-state index contributed by atoms with van der Waals surface area (Å²) < 4.78 is 5.57. The van der Waals surface area contributed by atoms with E-state index in [2.05, 4.69) is 10.5 Å². The van der Waals surface area contributed by atoms with Crippen molar-refractivity contribution in [2.75, 3.05) is 0 Å². The number of benzene rings is 2. The maximum absolute atomic E-state index is 12.2. The second kappa shape index (κ2) is 7.32. The number of nitrogens with one attached hydrogen (secondary N) is 1. The standard InChI is InChI=1S/C21H15N3O4/c25-20(15-10-5-2-6-11-15)23-22-17-13-7-12-16-18(14-8-3-1-4-9-14)21(24(26)27)28-19(16)17/h1-12H,13H2,(H,23,25). The van der Waals surface area contributed by atoms with Crippen LogP contribution in [-0.4, -0.2) is 16.5 Å². The van der Waals surface area contributed by atoms with Gasteiger partial charge < -0.3 is 4.42 Å². The molecule has 1 aliphatic carbocycles. The maximum atomic E-state index is 12.2. The van der Waals surface area contributed by atoms with Gasteiger partial charge >= 0.3 is 5.88 Å². The summed E-state index contributed by atoms with van der Waals surface area (Å²) in [6, 6.07) is 17.7. The van der Waals surface area contributed by atoms with Crippen LogP contribution in [0.15, 0.2) is 76.3 Å². The molecule has 28 heavy (non-hydrogen) atoms.